The van der Waals surface area contributed by atoms with Crippen LogP contribution in [0.3, 0.4) is 0 Å². The topological polar surface area (TPSA) is 78.8 Å². The lowest BCUT2D eigenvalue weighted by atomic mass is 10.2. The maximum Gasteiger partial charge on any atom is 0.416 e. The van der Waals surface area contributed by atoms with E-state index in [9.17, 15) is 26.4 Å². The highest BCUT2D eigenvalue weighted by Crippen LogP contribution is 2.33. The Bertz CT molecular complexity index is 970. The highest BCUT2D eigenvalue weighted by atomic mass is 32.2. The van der Waals surface area contributed by atoms with E-state index in [1.54, 1.807) is 19.9 Å². The van der Waals surface area contributed by atoms with Crippen LogP contribution in [0.4, 0.5) is 18.9 Å². The minimum absolute atomic E-state index is 0.157. The first-order valence-electron chi connectivity index (χ1n) is 8.06. The largest absolute Gasteiger partial charge is 0.416 e. The number of anilines is 1. The van der Waals surface area contributed by atoms with Crippen molar-refractivity contribution in [1.29, 1.82) is 0 Å². The lowest BCUT2D eigenvalue weighted by molar-refractivity contribution is -0.137. The molecule has 2 aromatic carbocycles. The van der Waals surface area contributed by atoms with E-state index in [-0.39, 0.29) is 10.6 Å². The Morgan fingerprint density at radius 2 is 1.71 bits per heavy atom. The molecular weight excluding hydrogens is 395 g/mol. The van der Waals surface area contributed by atoms with Gasteiger partial charge in [0.25, 0.3) is 15.9 Å². The summed E-state index contributed by atoms with van der Waals surface area (Å²) in [5, 5.41) is 3.70. The monoisotopic (exact) mass is 413 g/mol. The Labute approximate surface area is 160 Å². The average molecular weight is 413 g/mol. The quantitative estimate of drug-likeness (QED) is 0.582. The fourth-order valence-corrected chi connectivity index (χ4v) is 3.65. The first kappa shape index (κ1) is 21.4. The summed E-state index contributed by atoms with van der Waals surface area (Å²) in [6.07, 6.45) is -4.66. The van der Waals surface area contributed by atoms with E-state index >= 15 is 0 Å². The van der Waals surface area contributed by atoms with Crippen molar-refractivity contribution < 1.29 is 26.4 Å². The molecule has 150 valence electrons. The summed E-state index contributed by atoms with van der Waals surface area (Å²) in [6.45, 7) is 2.49. The third kappa shape index (κ3) is 5.32. The van der Waals surface area contributed by atoms with E-state index in [1.807, 2.05) is 0 Å². The molecule has 2 rings (SSSR count). The van der Waals surface area contributed by atoms with Gasteiger partial charge in [-0.25, -0.2) is 13.8 Å². The first-order valence-corrected chi connectivity index (χ1v) is 9.50. The van der Waals surface area contributed by atoms with Gasteiger partial charge in [-0.2, -0.15) is 18.3 Å². The number of amides is 1. The summed E-state index contributed by atoms with van der Waals surface area (Å²) in [4.78, 5) is 12.0. The van der Waals surface area contributed by atoms with Crippen molar-refractivity contribution in [3.8, 4) is 0 Å². The molecule has 0 fully saturated rings. The molecule has 6 nitrogen and oxygen atoms in total. The van der Waals surface area contributed by atoms with Crippen LogP contribution >= 0.6 is 0 Å². The highest BCUT2D eigenvalue weighted by molar-refractivity contribution is 7.92. The van der Waals surface area contributed by atoms with Crippen molar-refractivity contribution >= 4 is 27.3 Å². The Morgan fingerprint density at radius 1 is 1.07 bits per heavy atom. The first-order chi connectivity index (χ1) is 13.0. The number of carbonyl (C=O) groups is 1. The summed E-state index contributed by atoms with van der Waals surface area (Å²) >= 11 is 0. The van der Waals surface area contributed by atoms with E-state index in [0.29, 0.717) is 16.1 Å². The van der Waals surface area contributed by atoms with Crippen molar-refractivity contribution in [2.75, 3.05) is 10.8 Å². The smallest absolute Gasteiger partial charge is 0.271 e. The fraction of sp³-hybridized carbons (Fsp3) is 0.222. The molecule has 28 heavy (non-hydrogen) atoms. The van der Waals surface area contributed by atoms with Gasteiger partial charge in [0, 0.05) is 5.71 Å². The predicted octanol–water partition coefficient (Wildman–Crippen LogP) is 3.41. The Hall–Kier alpha value is -2.88. The molecule has 0 radical (unpaired) electrons. The molecule has 0 heterocycles. The molecular formula is C18H18F3N3O3S. The van der Waals surface area contributed by atoms with Crippen molar-refractivity contribution in [2.24, 2.45) is 5.10 Å². The maximum atomic E-state index is 13.1. The van der Waals surface area contributed by atoms with Crippen LogP contribution < -0.4 is 9.73 Å². The van der Waals surface area contributed by atoms with Gasteiger partial charge in [0.1, 0.15) is 6.54 Å². The Morgan fingerprint density at radius 3 is 2.29 bits per heavy atom. The van der Waals surface area contributed by atoms with E-state index in [4.69, 9.17) is 0 Å². The van der Waals surface area contributed by atoms with E-state index in [2.05, 4.69) is 10.5 Å². The summed E-state index contributed by atoms with van der Waals surface area (Å²) < 4.78 is 65.8. The molecule has 0 atom stereocenters. The van der Waals surface area contributed by atoms with Gasteiger partial charge in [-0.05, 0) is 44.2 Å². The predicted molar refractivity (Wildman–Crippen MR) is 99.3 cm³/mol. The normalized spacial score (nSPS) is 11.6. The second-order valence-corrected chi connectivity index (χ2v) is 7.83. The number of rotatable bonds is 6. The number of alkyl halides is 3. The lowest BCUT2D eigenvalue weighted by Crippen LogP contribution is -2.39. The van der Waals surface area contributed by atoms with E-state index < -0.39 is 34.2 Å². The number of hydrazone groups is 1. The maximum absolute atomic E-state index is 13.1. The van der Waals surface area contributed by atoms with Crippen LogP contribution in [0.15, 0.2) is 64.6 Å². The zero-order chi connectivity index (χ0) is 20.9. The summed E-state index contributed by atoms with van der Waals surface area (Å²) in [6, 6.07) is 10.9. The van der Waals surface area contributed by atoms with Gasteiger partial charge in [0.2, 0.25) is 0 Å². The average Bonchev–Trinajstić information content (AvgIpc) is 2.64. The number of hydrogen-bond acceptors (Lipinski definition) is 4. The number of nitrogens with zero attached hydrogens (tertiary/aromatic N) is 2. The Kier molecular flexibility index (Phi) is 6.45. The van der Waals surface area contributed by atoms with Crippen LogP contribution in [0.25, 0.3) is 0 Å². The van der Waals surface area contributed by atoms with Crippen molar-refractivity contribution in [1.82, 2.24) is 5.43 Å². The molecule has 1 amide bonds. The van der Waals surface area contributed by atoms with Crippen molar-refractivity contribution in [3.05, 3.63) is 60.2 Å². The number of sulfonamides is 1. The van der Waals surface area contributed by atoms with Gasteiger partial charge in [0.15, 0.2) is 0 Å². The highest BCUT2D eigenvalue weighted by Gasteiger charge is 2.33. The molecule has 0 bridgehead atoms. The third-order valence-corrected chi connectivity index (χ3v) is 5.27. The van der Waals surface area contributed by atoms with E-state index in [1.165, 1.54) is 30.3 Å². The number of carbonyl (C=O) groups excluding carboxylic acids is 1. The fourth-order valence-electron chi connectivity index (χ4n) is 2.21. The van der Waals surface area contributed by atoms with Crippen molar-refractivity contribution in [2.45, 2.75) is 24.9 Å². The molecule has 0 aliphatic rings. The number of benzene rings is 2. The second kappa shape index (κ2) is 8.42. The molecule has 10 heteroatoms. The van der Waals surface area contributed by atoms with Crippen LogP contribution in [0.1, 0.15) is 19.4 Å². The molecule has 0 aromatic heterocycles. The van der Waals surface area contributed by atoms with E-state index in [0.717, 1.165) is 12.1 Å². The molecule has 0 saturated carbocycles. The summed E-state index contributed by atoms with van der Waals surface area (Å²) in [7, 11) is -4.29. The molecule has 0 saturated heterocycles. The van der Waals surface area contributed by atoms with Gasteiger partial charge < -0.3 is 0 Å². The number of halogens is 3. The molecule has 0 spiro atoms. The van der Waals surface area contributed by atoms with Crippen LogP contribution in [-0.2, 0) is 21.0 Å². The standard InChI is InChI=1S/C18H18F3N3O3S/c1-13(2)22-23-17(25)12-24(28(26,27)16-9-4-3-5-10-16)15-8-6-7-14(11-15)18(19,20)21/h3-11H,12H2,1-2H3,(H,23,25). The van der Waals surface area contributed by atoms with Gasteiger partial charge in [0.05, 0.1) is 16.1 Å². The van der Waals surface area contributed by atoms with Gasteiger partial charge in [-0.15, -0.1) is 0 Å². The summed E-state index contributed by atoms with van der Waals surface area (Å²) in [5.41, 5.74) is 1.38. The molecule has 2 aromatic rings. The van der Waals surface area contributed by atoms with Gasteiger partial charge in [-0.3, -0.25) is 9.10 Å². The SMILES string of the molecule is CC(C)=NNC(=O)CN(c1cccc(C(F)(F)F)c1)S(=O)(=O)c1ccccc1. The zero-order valence-electron chi connectivity index (χ0n) is 15.1. The minimum atomic E-state index is -4.66. The lowest BCUT2D eigenvalue weighted by Gasteiger charge is -2.24. The minimum Gasteiger partial charge on any atom is -0.271 e. The second-order valence-electron chi connectivity index (χ2n) is 5.97. The number of nitrogens with one attached hydrogen (secondary N) is 1. The summed E-state index contributed by atoms with van der Waals surface area (Å²) in [5.74, 6) is -0.793. The van der Waals surface area contributed by atoms with Crippen molar-refractivity contribution in [3.63, 3.8) is 0 Å². The molecule has 0 unspecified atom stereocenters. The molecule has 1 N–H and O–H groups in total. The van der Waals surface area contributed by atoms with Crippen LogP contribution in [0.5, 0.6) is 0 Å². The Balaban J connectivity index is 2.51. The van der Waals surface area contributed by atoms with Gasteiger partial charge >= 0.3 is 6.18 Å². The molecule has 0 aliphatic heterocycles. The third-order valence-electron chi connectivity index (χ3n) is 3.48. The molecule has 0 aliphatic carbocycles. The number of hydrogen-bond donors (Lipinski definition) is 1. The van der Waals surface area contributed by atoms with Crippen LogP contribution in [0.2, 0.25) is 0 Å². The van der Waals surface area contributed by atoms with Crippen LogP contribution in [0, 0.1) is 0 Å². The zero-order valence-corrected chi connectivity index (χ0v) is 15.9. The van der Waals surface area contributed by atoms with Crippen LogP contribution in [-0.4, -0.2) is 26.6 Å². The van der Waals surface area contributed by atoms with Gasteiger partial charge in [-0.1, -0.05) is 24.3 Å².